The second-order valence-electron chi connectivity index (χ2n) is 8.87. The van der Waals surface area contributed by atoms with Crippen LogP contribution in [-0.2, 0) is 27.7 Å². The van der Waals surface area contributed by atoms with Crippen molar-refractivity contribution in [1.29, 1.82) is 0 Å². The fourth-order valence-corrected chi connectivity index (χ4v) is 6.85. The number of aromatic amines is 1. The van der Waals surface area contributed by atoms with Crippen molar-refractivity contribution < 1.29 is 13.2 Å². The van der Waals surface area contributed by atoms with Crippen LogP contribution in [0.4, 0.5) is 0 Å². The Morgan fingerprint density at radius 1 is 1.19 bits per heavy atom. The third-order valence-electron chi connectivity index (χ3n) is 6.76. The maximum atomic E-state index is 12.9. The van der Waals surface area contributed by atoms with Gasteiger partial charge in [-0.25, -0.2) is 13.4 Å². The first-order chi connectivity index (χ1) is 15.5. The number of hydrogen-bond donors (Lipinski definition) is 2. The normalized spacial score (nSPS) is 22.2. The second kappa shape index (κ2) is 7.81. The first kappa shape index (κ1) is 20.6. The molecule has 0 spiro atoms. The van der Waals surface area contributed by atoms with Crippen molar-refractivity contribution >= 4 is 32.7 Å². The van der Waals surface area contributed by atoms with E-state index in [2.05, 4.69) is 33.5 Å². The van der Waals surface area contributed by atoms with Crippen LogP contribution in [0.15, 0.2) is 30.6 Å². The topological polar surface area (TPSA) is 87.3 Å². The molecule has 1 aliphatic carbocycles. The summed E-state index contributed by atoms with van der Waals surface area (Å²) in [5.74, 6) is 0. The first-order valence-corrected chi connectivity index (χ1v) is 13.0. The van der Waals surface area contributed by atoms with E-state index in [1.165, 1.54) is 5.56 Å². The summed E-state index contributed by atoms with van der Waals surface area (Å²) in [6.07, 6.45) is 5.88. The summed E-state index contributed by atoms with van der Waals surface area (Å²) in [6.45, 7) is 3.01. The summed E-state index contributed by atoms with van der Waals surface area (Å²) < 4.78 is 33.3. The summed E-state index contributed by atoms with van der Waals surface area (Å²) in [7, 11) is -3.21. The average Bonchev–Trinajstić information content (AvgIpc) is 3.63. The third-order valence-corrected chi connectivity index (χ3v) is 9.42. The highest BCUT2D eigenvalue weighted by atomic mass is 35.5. The number of fused-ring (bicyclic) bond motifs is 2. The number of pyridine rings is 1. The van der Waals surface area contributed by atoms with E-state index < -0.39 is 10.0 Å². The molecule has 1 saturated carbocycles. The Morgan fingerprint density at radius 2 is 2.06 bits per heavy atom. The van der Waals surface area contributed by atoms with Crippen LogP contribution in [0.25, 0.3) is 22.2 Å². The second-order valence-corrected chi connectivity index (χ2v) is 11.5. The van der Waals surface area contributed by atoms with Gasteiger partial charge in [-0.2, -0.15) is 4.31 Å². The molecule has 7 nitrogen and oxygen atoms in total. The third kappa shape index (κ3) is 3.54. The summed E-state index contributed by atoms with van der Waals surface area (Å²) >= 11 is 6.33. The summed E-state index contributed by atoms with van der Waals surface area (Å²) in [6, 6.07) is 6.45. The molecule has 2 N–H and O–H groups in total. The molecule has 9 heteroatoms. The molecule has 2 fully saturated rings. The van der Waals surface area contributed by atoms with Gasteiger partial charge in [0.1, 0.15) is 5.65 Å². The first-order valence-electron chi connectivity index (χ1n) is 11.1. The van der Waals surface area contributed by atoms with Crippen LogP contribution in [0.5, 0.6) is 0 Å². The molecular weight excluding hydrogens is 448 g/mol. The lowest BCUT2D eigenvalue weighted by Crippen LogP contribution is -2.40. The van der Waals surface area contributed by atoms with E-state index in [-0.39, 0.29) is 11.3 Å². The standard InChI is InChI=1S/C23H25ClN4O3S/c24-21-11-27-23-19(21)9-16(10-26-23)15-7-14-3-5-28(32(29,30)17-1-2-17)12-20(14)18(8-15)22-13-31-6-4-25-22/h7-11,17,22,25H,1-6,12-13H2,(H,26,27)/t22-/m0/s1. The molecule has 0 bridgehead atoms. The van der Waals surface area contributed by atoms with Gasteiger partial charge in [-0.3, -0.25) is 0 Å². The minimum atomic E-state index is -3.21. The molecule has 4 heterocycles. The van der Waals surface area contributed by atoms with E-state index in [9.17, 15) is 8.42 Å². The van der Waals surface area contributed by atoms with E-state index in [1.807, 2.05) is 6.20 Å². The average molecular weight is 473 g/mol. The molecule has 1 aromatic carbocycles. The zero-order valence-electron chi connectivity index (χ0n) is 17.6. The SMILES string of the molecule is O=S(=O)(C1CC1)N1CCc2cc(-c3cnc4[nH]cc(Cl)c4c3)cc([C@@H]3COCCN3)c2C1. The Hall–Kier alpha value is -1.97. The number of halogens is 1. The highest BCUT2D eigenvalue weighted by Gasteiger charge is 2.41. The molecule has 2 aromatic heterocycles. The Balaban J connectivity index is 1.44. The molecule has 0 radical (unpaired) electrons. The summed E-state index contributed by atoms with van der Waals surface area (Å²) in [5, 5.41) is 4.91. The molecule has 3 aliphatic rings. The van der Waals surface area contributed by atoms with Crippen molar-refractivity contribution in [2.75, 3.05) is 26.3 Å². The zero-order chi connectivity index (χ0) is 21.9. The molecule has 32 heavy (non-hydrogen) atoms. The predicted molar refractivity (Wildman–Crippen MR) is 124 cm³/mol. The maximum absolute atomic E-state index is 12.9. The highest BCUT2D eigenvalue weighted by Crippen LogP contribution is 2.38. The number of benzene rings is 1. The lowest BCUT2D eigenvalue weighted by atomic mass is 9.88. The number of nitrogens with one attached hydrogen (secondary N) is 2. The minimum absolute atomic E-state index is 0.0357. The number of sulfonamides is 1. The molecule has 1 atom stereocenters. The van der Waals surface area contributed by atoms with E-state index in [0.29, 0.717) is 37.7 Å². The van der Waals surface area contributed by atoms with Crippen LogP contribution >= 0.6 is 11.6 Å². The van der Waals surface area contributed by atoms with Crippen LogP contribution < -0.4 is 5.32 Å². The zero-order valence-corrected chi connectivity index (χ0v) is 19.2. The van der Waals surface area contributed by atoms with E-state index >= 15 is 0 Å². The fourth-order valence-electron chi connectivity index (χ4n) is 4.84. The maximum Gasteiger partial charge on any atom is 0.217 e. The van der Waals surface area contributed by atoms with Crippen LogP contribution in [0.3, 0.4) is 0 Å². The molecule has 168 valence electrons. The number of ether oxygens (including phenoxy) is 1. The molecule has 1 saturated heterocycles. The monoisotopic (exact) mass is 472 g/mol. The highest BCUT2D eigenvalue weighted by molar-refractivity contribution is 7.90. The van der Waals surface area contributed by atoms with Crippen molar-refractivity contribution in [3.8, 4) is 11.1 Å². The fraction of sp³-hybridized carbons (Fsp3) is 0.435. The molecule has 6 rings (SSSR count). The van der Waals surface area contributed by atoms with Crippen molar-refractivity contribution in [2.45, 2.75) is 37.1 Å². The number of hydrogen-bond acceptors (Lipinski definition) is 5. The van der Waals surface area contributed by atoms with E-state index in [4.69, 9.17) is 16.3 Å². The molecule has 2 aliphatic heterocycles. The number of rotatable bonds is 4. The van der Waals surface area contributed by atoms with Crippen molar-refractivity contribution in [1.82, 2.24) is 19.6 Å². The Kier molecular flexibility index (Phi) is 5.04. The number of nitrogens with zero attached hydrogens (tertiary/aromatic N) is 2. The van der Waals surface area contributed by atoms with Crippen molar-refractivity contribution in [3.63, 3.8) is 0 Å². The summed E-state index contributed by atoms with van der Waals surface area (Å²) in [4.78, 5) is 7.62. The predicted octanol–water partition coefficient (Wildman–Crippen LogP) is 3.39. The van der Waals surface area contributed by atoms with Crippen LogP contribution in [0.1, 0.15) is 35.6 Å². The van der Waals surface area contributed by atoms with Gasteiger partial charge in [0, 0.05) is 43.0 Å². The number of morpholine rings is 1. The minimum Gasteiger partial charge on any atom is -0.378 e. The van der Waals surface area contributed by atoms with Gasteiger partial charge in [0.05, 0.1) is 29.5 Å². The molecule has 0 unspecified atom stereocenters. The Bertz CT molecular complexity index is 1300. The molecule has 3 aromatic rings. The van der Waals surface area contributed by atoms with Crippen molar-refractivity contribution in [2.24, 2.45) is 0 Å². The van der Waals surface area contributed by atoms with Crippen LogP contribution in [0, 0.1) is 0 Å². The van der Waals surface area contributed by atoms with Gasteiger partial charge in [0.25, 0.3) is 0 Å². The van der Waals surface area contributed by atoms with Crippen LogP contribution in [0.2, 0.25) is 5.02 Å². The largest absolute Gasteiger partial charge is 0.378 e. The van der Waals surface area contributed by atoms with Gasteiger partial charge in [-0.05, 0) is 53.6 Å². The lowest BCUT2D eigenvalue weighted by molar-refractivity contribution is 0.0764. The van der Waals surface area contributed by atoms with Gasteiger partial charge >= 0.3 is 0 Å². The smallest absolute Gasteiger partial charge is 0.217 e. The van der Waals surface area contributed by atoms with Gasteiger partial charge in [0.15, 0.2) is 0 Å². The van der Waals surface area contributed by atoms with E-state index in [0.717, 1.165) is 52.7 Å². The van der Waals surface area contributed by atoms with Gasteiger partial charge in [-0.15, -0.1) is 0 Å². The van der Waals surface area contributed by atoms with Gasteiger partial charge in [-0.1, -0.05) is 17.7 Å². The Morgan fingerprint density at radius 3 is 2.84 bits per heavy atom. The van der Waals surface area contributed by atoms with E-state index in [1.54, 1.807) is 10.5 Å². The summed E-state index contributed by atoms with van der Waals surface area (Å²) in [5.41, 5.74) is 6.26. The quantitative estimate of drug-likeness (QED) is 0.607. The van der Waals surface area contributed by atoms with Gasteiger partial charge in [0.2, 0.25) is 10.0 Å². The Labute approximate surface area is 192 Å². The lowest BCUT2D eigenvalue weighted by Gasteiger charge is -2.33. The van der Waals surface area contributed by atoms with Gasteiger partial charge < -0.3 is 15.0 Å². The molecule has 0 amide bonds. The van der Waals surface area contributed by atoms with Crippen molar-refractivity contribution in [3.05, 3.63) is 52.3 Å². The number of aromatic nitrogens is 2. The molecular formula is C23H25ClN4O3S. The van der Waals surface area contributed by atoms with Crippen LogP contribution in [-0.4, -0.2) is 54.2 Å². The number of H-pyrrole nitrogens is 1.